The quantitative estimate of drug-likeness (QED) is 0.621. The van der Waals surface area contributed by atoms with E-state index in [4.69, 9.17) is 5.73 Å². The minimum absolute atomic E-state index is 0. The van der Waals surface area contributed by atoms with E-state index >= 15 is 0 Å². The van der Waals surface area contributed by atoms with Gasteiger partial charge in [-0.25, -0.2) is 4.79 Å². The summed E-state index contributed by atoms with van der Waals surface area (Å²) in [5, 5.41) is 0. The summed E-state index contributed by atoms with van der Waals surface area (Å²) in [6, 6.07) is 0. The maximum atomic E-state index is 10.7. The first-order valence-electron chi connectivity index (χ1n) is 2.78. The van der Waals surface area contributed by atoms with Crippen LogP contribution < -0.4 is 11.4 Å². The van der Waals surface area contributed by atoms with Crippen molar-refractivity contribution in [3.8, 4) is 0 Å². The first kappa shape index (κ1) is 9.26. The molecule has 1 aromatic rings. The third kappa shape index (κ3) is 1.89. The van der Waals surface area contributed by atoms with Gasteiger partial charge >= 0.3 is 5.69 Å². The molecule has 5 heteroatoms. The Bertz CT molecular complexity index is 229. The molecule has 0 amide bonds. The number of nitrogens with zero attached hydrogens (tertiary/aromatic N) is 1. The van der Waals surface area contributed by atoms with E-state index in [1.165, 1.54) is 4.57 Å². The summed E-state index contributed by atoms with van der Waals surface area (Å²) >= 11 is 0. The van der Waals surface area contributed by atoms with Gasteiger partial charge in [-0.1, -0.05) is 0 Å². The van der Waals surface area contributed by atoms with Crippen LogP contribution in [0.25, 0.3) is 0 Å². The van der Waals surface area contributed by atoms with Crippen molar-refractivity contribution in [2.45, 2.75) is 6.54 Å². The molecule has 0 aliphatic carbocycles. The van der Waals surface area contributed by atoms with Crippen LogP contribution in [0.3, 0.4) is 0 Å². The van der Waals surface area contributed by atoms with Crippen LogP contribution in [0.4, 0.5) is 0 Å². The number of nitrogens with two attached hydrogens (primary N) is 1. The van der Waals surface area contributed by atoms with Crippen LogP contribution in [0.1, 0.15) is 0 Å². The fourth-order valence-electron chi connectivity index (χ4n) is 0.664. The van der Waals surface area contributed by atoms with Crippen LogP contribution in [0, 0.1) is 0 Å². The summed E-state index contributed by atoms with van der Waals surface area (Å²) < 4.78 is 1.53. The summed E-state index contributed by atoms with van der Waals surface area (Å²) in [5.41, 5.74) is 5.12. The molecule has 10 heavy (non-hydrogen) atoms. The largest absolute Gasteiger partial charge is 0.329 e. The molecule has 0 radical (unpaired) electrons. The summed E-state index contributed by atoms with van der Waals surface area (Å²) in [7, 11) is 0. The van der Waals surface area contributed by atoms with Crippen LogP contribution in [-0.2, 0) is 6.54 Å². The molecule has 0 bridgehead atoms. The zero-order valence-electron chi connectivity index (χ0n) is 5.41. The SMILES string of the molecule is Cl.NCCn1cc[nH]c1=O. The molecule has 0 spiro atoms. The third-order valence-electron chi connectivity index (χ3n) is 1.09. The number of aromatic nitrogens is 2. The Morgan fingerprint density at radius 1 is 1.70 bits per heavy atom. The van der Waals surface area contributed by atoms with Crippen LogP contribution in [-0.4, -0.2) is 16.1 Å². The van der Waals surface area contributed by atoms with Gasteiger partial charge in [0.25, 0.3) is 0 Å². The number of hydrogen-bond acceptors (Lipinski definition) is 2. The number of H-pyrrole nitrogens is 1. The lowest BCUT2D eigenvalue weighted by Gasteiger charge is -1.92. The Labute approximate surface area is 64.5 Å². The minimum Gasteiger partial charge on any atom is -0.329 e. The van der Waals surface area contributed by atoms with E-state index < -0.39 is 0 Å². The van der Waals surface area contributed by atoms with Gasteiger partial charge in [0, 0.05) is 25.5 Å². The van der Waals surface area contributed by atoms with Crippen molar-refractivity contribution in [3.05, 3.63) is 22.9 Å². The second-order valence-electron chi connectivity index (χ2n) is 1.75. The van der Waals surface area contributed by atoms with Crippen molar-refractivity contribution < 1.29 is 0 Å². The van der Waals surface area contributed by atoms with Gasteiger partial charge in [0.05, 0.1) is 0 Å². The highest BCUT2D eigenvalue weighted by molar-refractivity contribution is 5.85. The van der Waals surface area contributed by atoms with E-state index in [1.807, 2.05) is 0 Å². The molecular formula is C5H10ClN3O. The van der Waals surface area contributed by atoms with E-state index in [0.29, 0.717) is 13.1 Å². The molecule has 0 atom stereocenters. The highest BCUT2D eigenvalue weighted by Crippen LogP contribution is 1.74. The van der Waals surface area contributed by atoms with E-state index in [-0.39, 0.29) is 18.1 Å². The lowest BCUT2D eigenvalue weighted by Crippen LogP contribution is -2.20. The molecule has 0 unspecified atom stereocenters. The van der Waals surface area contributed by atoms with Gasteiger partial charge in [0.15, 0.2) is 0 Å². The summed E-state index contributed by atoms with van der Waals surface area (Å²) in [5.74, 6) is 0. The van der Waals surface area contributed by atoms with E-state index in [0.717, 1.165) is 0 Å². The number of hydrogen-bond donors (Lipinski definition) is 2. The van der Waals surface area contributed by atoms with E-state index in [2.05, 4.69) is 4.98 Å². The monoisotopic (exact) mass is 163 g/mol. The lowest BCUT2D eigenvalue weighted by atomic mass is 10.6. The Hall–Kier alpha value is -0.740. The molecule has 4 nitrogen and oxygen atoms in total. The lowest BCUT2D eigenvalue weighted by molar-refractivity contribution is 0.683. The predicted molar refractivity (Wildman–Crippen MR) is 41.4 cm³/mol. The van der Waals surface area contributed by atoms with Gasteiger partial charge < -0.3 is 10.7 Å². The summed E-state index contributed by atoms with van der Waals surface area (Å²) in [6.07, 6.45) is 3.27. The van der Waals surface area contributed by atoms with Crippen LogP contribution in [0.15, 0.2) is 17.2 Å². The van der Waals surface area contributed by atoms with Crippen molar-refractivity contribution in [2.75, 3.05) is 6.54 Å². The molecular weight excluding hydrogens is 154 g/mol. The van der Waals surface area contributed by atoms with Crippen molar-refractivity contribution in [1.29, 1.82) is 0 Å². The zero-order chi connectivity index (χ0) is 6.69. The molecule has 0 saturated heterocycles. The summed E-state index contributed by atoms with van der Waals surface area (Å²) in [4.78, 5) is 13.2. The average Bonchev–Trinajstić information content (AvgIpc) is 2.18. The predicted octanol–water partition coefficient (Wildman–Crippen LogP) is -0.443. The Morgan fingerprint density at radius 3 is 2.80 bits per heavy atom. The fraction of sp³-hybridized carbons (Fsp3) is 0.400. The number of nitrogens with one attached hydrogen (secondary N) is 1. The Morgan fingerprint density at radius 2 is 2.40 bits per heavy atom. The van der Waals surface area contributed by atoms with Gasteiger partial charge in [-0.05, 0) is 0 Å². The van der Waals surface area contributed by atoms with Crippen LogP contribution >= 0.6 is 12.4 Å². The summed E-state index contributed by atoms with van der Waals surface area (Å²) in [6.45, 7) is 1.08. The van der Waals surface area contributed by atoms with Gasteiger partial charge in [-0.2, -0.15) is 0 Å². The zero-order valence-corrected chi connectivity index (χ0v) is 6.23. The molecule has 1 rings (SSSR count). The standard InChI is InChI=1S/C5H9N3O.ClH/c6-1-3-8-4-2-7-5(8)9;/h2,4H,1,3,6H2,(H,7,9);1H. The maximum absolute atomic E-state index is 10.7. The Balaban J connectivity index is 0.000000810. The highest BCUT2D eigenvalue weighted by Gasteiger charge is 1.90. The highest BCUT2D eigenvalue weighted by atomic mass is 35.5. The van der Waals surface area contributed by atoms with Gasteiger partial charge in [0.1, 0.15) is 0 Å². The fourth-order valence-corrected chi connectivity index (χ4v) is 0.664. The minimum atomic E-state index is -0.0968. The van der Waals surface area contributed by atoms with Crippen LogP contribution in [0.5, 0.6) is 0 Å². The van der Waals surface area contributed by atoms with Gasteiger partial charge in [-0.3, -0.25) is 4.57 Å². The molecule has 3 N–H and O–H groups in total. The van der Waals surface area contributed by atoms with Crippen molar-refractivity contribution in [3.63, 3.8) is 0 Å². The molecule has 58 valence electrons. The number of rotatable bonds is 2. The molecule has 0 fully saturated rings. The van der Waals surface area contributed by atoms with E-state index in [1.54, 1.807) is 12.4 Å². The third-order valence-corrected chi connectivity index (χ3v) is 1.09. The van der Waals surface area contributed by atoms with E-state index in [9.17, 15) is 4.79 Å². The smallest absolute Gasteiger partial charge is 0.325 e. The number of aromatic amines is 1. The van der Waals surface area contributed by atoms with Gasteiger partial charge in [0.2, 0.25) is 0 Å². The molecule has 0 aromatic carbocycles. The van der Waals surface area contributed by atoms with Crippen molar-refractivity contribution in [1.82, 2.24) is 9.55 Å². The van der Waals surface area contributed by atoms with Crippen molar-refractivity contribution >= 4 is 12.4 Å². The second kappa shape index (κ2) is 4.14. The second-order valence-corrected chi connectivity index (χ2v) is 1.75. The first-order chi connectivity index (χ1) is 4.34. The molecule has 0 aliphatic rings. The molecule has 1 heterocycles. The number of halogens is 1. The topological polar surface area (TPSA) is 63.8 Å². The average molecular weight is 164 g/mol. The maximum Gasteiger partial charge on any atom is 0.325 e. The number of imidazole rings is 1. The Kier molecular flexibility index (Phi) is 3.83. The molecule has 0 saturated carbocycles. The molecule has 0 aliphatic heterocycles. The molecule has 1 aromatic heterocycles. The van der Waals surface area contributed by atoms with Crippen LogP contribution in [0.2, 0.25) is 0 Å². The normalized spacial score (nSPS) is 8.90. The van der Waals surface area contributed by atoms with Gasteiger partial charge in [-0.15, -0.1) is 12.4 Å². The first-order valence-corrected chi connectivity index (χ1v) is 2.78. The van der Waals surface area contributed by atoms with Crippen molar-refractivity contribution in [2.24, 2.45) is 5.73 Å².